The van der Waals surface area contributed by atoms with Gasteiger partial charge in [0, 0.05) is 19.2 Å². The number of pyridine rings is 1. The van der Waals surface area contributed by atoms with Gasteiger partial charge in [0.05, 0.1) is 16.1 Å². The van der Waals surface area contributed by atoms with Gasteiger partial charge in [0.25, 0.3) is 5.69 Å². The summed E-state index contributed by atoms with van der Waals surface area (Å²) in [6.07, 6.45) is 5.93. The van der Waals surface area contributed by atoms with Crippen molar-refractivity contribution in [3.05, 3.63) is 27.9 Å². The molecular weight excluding hydrogens is 282 g/mol. The van der Waals surface area contributed by atoms with E-state index in [1.54, 1.807) is 6.07 Å². The van der Waals surface area contributed by atoms with E-state index in [2.05, 4.69) is 23.7 Å². The summed E-state index contributed by atoms with van der Waals surface area (Å²) in [5, 5.41) is 10.9. The normalized spacial score (nSPS) is 23.0. The van der Waals surface area contributed by atoms with Crippen LogP contribution in [0.2, 0.25) is 0 Å². The van der Waals surface area contributed by atoms with Crippen molar-refractivity contribution in [3.8, 4) is 0 Å². The molecule has 1 aromatic rings. The zero-order valence-corrected chi connectivity index (χ0v) is 13.5. The molecule has 0 amide bonds. The summed E-state index contributed by atoms with van der Waals surface area (Å²) >= 11 is 0. The molecule has 6 nitrogen and oxygen atoms in total. The Kier molecular flexibility index (Phi) is 3.59. The molecule has 0 bridgehead atoms. The molecule has 1 saturated carbocycles. The van der Waals surface area contributed by atoms with Gasteiger partial charge in [0.2, 0.25) is 0 Å². The minimum atomic E-state index is -0.397. The quantitative estimate of drug-likeness (QED) is 0.620. The minimum Gasteiger partial charge on any atom is -0.365 e. The second-order valence-electron chi connectivity index (χ2n) is 7.20. The zero-order valence-electron chi connectivity index (χ0n) is 13.5. The molecule has 1 aromatic heterocycles. The Labute approximate surface area is 130 Å². The van der Waals surface area contributed by atoms with Gasteiger partial charge in [-0.1, -0.05) is 12.8 Å². The fourth-order valence-corrected chi connectivity index (χ4v) is 3.93. The molecule has 1 spiro atoms. The summed E-state index contributed by atoms with van der Waals surface area (Å²) in [7, 11) is 0. The lowest BCUT2D eigenvalue weighted by atomic mass is 9.94. The van der Waals surface area contributed by atoms with Gasteiger partial charge in [0.1, 0.15) is 12.0 Å². The number of aromatic nitrogens is 1. The van der Waals surface area contributed by atoms with Gasteiger partial charge < -0.3 is 9.64 Å². The zero-order chi connectivity index (χ0) is 16.0. The molecule has 6 heteroatoms. The average molecular weight is 305 g/mol. The third-order valence-corrected chi connectivity index (χ3v) is 4.60. The Morgan fingerprint density at radius 2 is 2.00 bits per heavy atom. The maximum Gasteiger partial charge on any atom is 0.287 e. The first-order chi connectivity index (χ1) is 10.3. The Bertz CT molecular complexity index is 594. The maximum atomic E-state index is 10.9. The second-order valence-corrected chi connectivity index (χ2v) is 7.20. The number of ether oxygens (including phenoxy) is 1. The van der Waals surface area contributed by atoms with E-state index in [1.807, 2.05) is 6.92 Å². The standard InChI is InChI=1S/C16H23N3O3/c1-12-8-13(19(20)21)9-17-14(12)18-10-15(2,3)22-16(11-18)6-4-5-7-16/h8-9H,4-7,10-11H2,1-3H3. The SMILES string of the molecule is Cc1cc([N+](=O)[O-])cnc1N1CC(C)(C)OC2(CCCC2)C1. The first kappa shape index (κ1) is 15.2. The molecule has 2 aliphatic rings. The molecule has 0 atom stereocenters. The third kappa shape index (κ3) is 2.79. The Morgan fingerprint density at radius 1 is 1.32 bits per heavy atom. The monoisotopic (exact) mass is 305 g/mol. The van der Waals surface area contributed by atoms with Crippen molar-refractivity contribution in [3.63, 3.8) is 0 Å². The predicted octanol–water partition coefficient (Wildman–Crippen LogP) is 3.23. The number of hydrogen-bond donors (Lipinski definition) is 0. The average Bonchev–Trinajstić information content (AvgIpc) is 2.83. The predicted molar refractivity (Wildman–Crippen MR) is 84.2 cm³/mol. The van der Waals surface area contributed by atoms with Crippen LogP contribution in [0.25, 0.3) is 0 Å². The molecule has 1 aliphatic carbocycles. The summed E-state index contributed by atoms with van der Waals surface area (Å²) in [5.74, 6) is 0.841. The van der Waals surface area contributed by atoms with Crippen LogP contribution in [0.1, 0.15) is 45.1 Å². The molecule has 1 aliphatic heterocycles. The van der Waals surface area contributed by atoms with Gasteiger partial charge in [-0.2, -0.15) is 0 Å². The highest BCUT2D eigenvalue weighted by Gasteiger charge is 2.46. The van der Waals surface area contributed by atoms with Crippen molar-refractivity contribution >= 4 is 11.5 Å². The van der Waals surface area contributed by atoms with Crippen LogP contribution in [-0.4, -0.2) is 34.2 Å². The highest BCUT2D eigenvalue weighted by Crippen LogP contribution is 2.42. The second kappa shape index (κ2) is 5.19. The molecule has 3 rings (SSSR count). The Balaban J connectivity index is 1.91. The van der Waals surface area contributed by atoms with Gasteiger partial charge >= 0.3 is 0 Å². The van der Waals surface area contributed by atoms with Crippen molar-refractivity contribution < 1.29 is 9.66 Å². The van der Waals surface area contributed by atoms with E-state index in [9.17, 15) is 10.1 Å². The van der Waals surface area contributed by atoms with Gasteiger partial charge in [-0.05, 0) is 39.2 Å². The molecule has 2 heterocycles. The van der Waals surface area contributed by atoms with Crippen LogP contribution in [-0.2, 0) is 4.74 Å². The van der Waals surface area contributed by atoms with Crippen LogP contribution in [0.5, 0.6) is 0 Å². The van der Waals surface area contributed by atoms with Crippen molar-refractivity contribution in [2.45, 2.75) is 57.7 Å². The van der Waals surface area contributed by atoms with Gasteiger partial charge in [-0.3, -0.25) is 10.1 Å². The van der Waals surface area contributed by atoms with Crippen molar-refractivity contribution in [2.75, 3.05) is 18.0 Å². The molecule has 0 unspecified atom stereocenters. The van der Waals surface area contributed by atoms with E-state index < -0.39 is 4.92 Å². The number of aryl methyl sites for hydroxylation is 1. The van der Waals surface area contributed by atoms with Crippen LogP contribution in [0, 0.1) is 17.0 Å². The number of nitro groups is 1. The molecule has 2 fully saturated rings. The van der Waals surface area contributed by atoms with E-state index in [4.69, 9.17) is 4.74 Å². The number of rotatable bonds is 2. The third-order valence-electron chi connectivity index (χ3n) is 4.60. The number of anilines is 1. The largest absolute Gasteiger partial charge is 0.365 e. The smallest absolute Gasteiger partial charge is 0.287 e. The van der Waals surface area contributed by atoms with E-state index in [0.29, 0.717) is 0 Å². The van der Waals surface area contributed by atoms with Crippen molar-refractivity contribution in [1.82, 2.24) is 4.98 Å². The van der Waals surface area contributed by atoms with Crippen LogP contribution in [0.3, 0.4) is 0 Å². The van der Waals surface area contributed by atoms with E-state index >= 15 is 0 Å². The summed E-state index contributed by atoms with van der Waals surface area (Å²) in [5.41, 5.74) is 0.570. The first-order valence-electron chi connectivity index (χ1n) is 7.87. The molecule has 1 saturated heterocycles. The molecule has 0 radical (unpaired) electrons. The minimum absolute atomic E-state index is 0.0457. The molecule has 120 valence electrons. The molecule has 22 heavy (non-hydrogen) atoms. The lowest BCUT2D eigenvalue weighted by Gasteiger charge is -2.49. The van der Waals surface area contributed by atoms with Crippen molar-refractivity contribution in [1.29, 1.82) is 0 Å². The first-order valence-corrected chi connectivity index (χ1v) is 7.87. The fraction of sp³-hybridized carbons (Fsp3) is 0.688. The Morgan fingerprint density at radius 3 is 2.59 bits per heavy atom. The lowest BCUT2D eigenvalue weighted by Crippen LogP contribution is -2.59. The fourth-order valence-electron chi connectivity index (χ4n) is 3.93. The molecular formula is C16H23N3O3. The van der Waals surface area contributed by atoms with Crippen LogP contribution >= 0.6 is 0 Å². The number of nitrogens with zero attached hydrogens (tertiary/aromatic N) is 3. The van der Waals surface area contributed by atoms with Gasteiger partial charge in [-0.25, -0.2) is 4.98 Å². The van der Waals surface area contributed by atoms with Gasteiger partial charge in [0.15, 0.2) is 0 Å². The summed E-state index contributed by atoms with van der Waals surface area (Å²) in [6.45, 7) is 7.68. The maximum absolute atomic E-state index is 10.9. The number of morpholine rings is 1. The van der Waals surface area contributed by atoms with E-state index in [-0.39, 0.29) is 16.9 Å². The topological polar surface area (TPSA) is 68.5 Å². The lowest BCUT2D eigenvalue weighted by molar-refractivity contribution is -0.385. The summed E-state index contributed by atoms with van der Waals surface area (Å²) in [4.78, 5) is 17.1. The van der Waals surface area contributed by atoms with E-state index in [1.165, 1.54) is 19.0 Å². The van der Waals surface area contributed by atoms with Crippen LogP contribution in [0.4, 0.5) is 11.5 Å². The highest BCUT2D eigenvalue weighted by molar-refractivity contribution is 5.51. The van der Waals surface area contributed by atoms with Crippen LogP contribution in [0.15, 0.2) is 12.3 Å². The summed E-state index contributed by atoms with van der Waals surface area (Å²) < 4.78 is 6.40. The van der Waals surface area contributed by atoms with Crippen LogP contribution < -0.4 is 4.90 Å². The summed E-state index contributed by atoms with van der Waals surface area (Å²) in [6, 6.07) is 1.60. The molecule has 0 aromatic carbocycles. The van der Waals surface area contributed by atoms with Crippen molar-refractivity contribution in [2.24, 2.45) is 0 Å². The molecule has 0 N–H and O–H groups in total. The number of hydrogen-bond acceptors (Lipinski definition) is 5. The van der Waals surface area contributed by atoms with Gasteiger partial charge in [-0.15, -0.1) is 0 Å². The van der Waals surface area contributed by atoms with E-state index in [0.717, 1.165) is 37.3 Å². The highest BCUT2D eigenvalue weighted by atomic mass is 16.6. The Hall–Kier alpha value is -1.69.